The maximum absolute atomic E-state index is 13.0. The van der Waals surface area contributed by atoms with E-state index in [0.717, 1.165) is 37.0 Å². The first kappa shape index (κ1) is 26.4. The van der Waals surface area contributed by atoms with E-state index >= 15 is 0 Å². The Hall–Kier alpha value is -3.89. The van der Waals surface area contributed by atoms with Crippen molar-refractivity contribution in [3.8, 4) is 11.5 Å². The zero-order valence-corrected chi connectivity index (χ0v) is 19.5. The average Bonchev–Trinajstić information content (AvgIpc) is 2.70. The quantitative estimate of drug-likeness (QED) is 0.316. The fraction of sp³-hybridized carbons (Fsp3) is 0.292. The van der Waals surface area contributed by atoms with E-state index in [4.69, 9.17) is 14.6 Å². The second kappa shape index (κ2) is 10.4. The lowest BCUT2D eigenvalue weighted by atomic mass is 9.82. The summed E-state index contributed by atoms with van der Waals surface area (Å²) in [5.74, 6) is -5.04. The molecular weight excluding hydrogens is 446 g/mol. The third-order valence-electron chi connectivity index (χ3n) is 4.59. The van der Waals surface area contributed by atoms with Crippen molar-refractivity contribution in [1.82, 2.24) is 0 Å². The molecule has 10 nitrogen and oxygen atoms in total. The Labute approximate surface area is 195 Å². The number of nitrogens with zero attached hydrogens (tertiary/aromatic N) is 1. The van der Waals surface area contributed by atoms with Crippen molar-refractivity contribution in [3.63, 3.8) is 0 Å². The SMILES string of the molecule is CC(=O)Oc1cccc2c1C(=O)c1c(OC(C)=O)cc(C(=O)[O-])cc1C2=O.C[N+](C)(C)CCO. The standard InChI is InChI=1S/C19H12O8.C5H14NO/c1-8(20)26-13-5-3-4-11-15(13)18(23)16-12(17(11)22)6-10(19(24)25)7-14(16)27-9(2)21;1-6(2,3)4-5-7/h3-7H,1-2H3,(H,24,25);7H,4-5H2,1-3H3/q;+1/p-1. The van der Waals surface area contributed by atoms with Crippen molar-refractivity contribution in [3.05, 3.63) is 58.1 Å². The lowest BCUT2D eigenvalue weighted by molar-refractivity contribution is -0.870. The van der Waals surface area contributed by atoms with E-state index < -0.39 is 35.0 Å². The molecule has 0 saturated carbocycles. The fourth-order valence-corrected chi connectivity index (χ4v) is 3.15. The molecule has 0 amide bonds. The van der Waals surface area contributed by atoms with E-state index in [2.05, 4.69) is 21.1 Å². The lowest BCUT2D eigenvalue weighted by Crippen LogP contribution is -2.36. The monoisotopic (exact) mass is 471 g/mol. The zero-order chi connectivity index (χ0) is 25.8. The number of rotatable bonds is 5. The number of ether oxygens (including phenoxy) is 2. The fourth-order valence-electron chi connectivity index (χ4n) is 3.15. The second-order valence-electron chi connectivity index (χ2n) is 8.45. The van der Waals surface area contributed by atoms with E-state index in [1.165, 1.54) is 18.2 Å². The molecule has 0 aromatic heterocycles. The van der Waals surface area contributed by atoms with E-state index in [9.17, 15) is 29.1 Å². The smallest absolute Gasteiger partial charge is 0.308 e. The molecule has 0 atom stereocenters. The zero-order valence-electron chi connectivity index (χ0n) is 19.5. The Kier molecular flexibility index (Phi) is 8.04. The van der Waals surface area contributed by atoms with Gasteiger partial charge in [0, 0.05) is 30.5 Å². The number of quaternary nitrogens is 1. The number of hydrogen-bond donors (Lipinski definition) is 1. The van der Waals surface area contributed by atoms with Gasteiger partial charge in [0.15, 0.2) is 5.78 Å². The molecule has 0 bridgehead atoms. The molecule has 0 radical (unpaired) electrons. The predicted molar refractivity (Wildman–Crippen MR) is 117 cm³/mol. The molecule has 0 spiro atoms. The van der Waals surface area contributed by atoms with Gasteiger partial charge in [-0.3, -0.25) is 19.2 Å². The van der Waals surface area contributed by atoms with Gasteiger partial charge in [0.2, 0.25) is 5.78 Å². The molecule has 0 heterocycles. The Morgan fingerprint density at radius 3 is 1.91 bits per heavy atom. The van der Waals surface area contributed by atoms with Gasteiger partial charge in [-0.05, 0) is 18.2 Å². The summed E-state index contributed by atoms with van der Waals surface area (Å²) >= 11 is 0. The van der Waals surface area contributed by atoms with E-state index in [0.29, 0.717) is 0 Å². The third kappa shape index (κ3) is 6.12. The summed E-state index contributed by atoms with van der Waals surface area (Å²) in [6, 6.07) is 6.03. The van der Waals surface area contributed by atoms with Gasteiger partial charge in [-0.1, -0.05) is 12.1 Å². The third-order valence-corrected chi connectivity index (χ3v) is 4.59. The number of carbonyl (C=O) groups is 5. The Morgan fingerprint density at radius 1 is 0.882 bits per heavy atom. The Bertz CT molecular complexity index is 1180. The molecule has 10 heteroatoms. The van der Waals surface area contributed by atoms with Crippen LogP contribution in [0.4, 0.5) is 0 Å². The number of carbonyl (C=O) groups excluding carboxylic acids is 5. The number of aromatic carboxylic acids is 1. The average molecular weight is 471 g/mol. The van der Waals surface area contributed by atoms with Gasteiger partial charge in [-0.25, -0.2) is 0 Å². The van der Waals surface area contributed by atoms with Crippen molar-refractivity contribution in [2.24, 2.45) is 0 Å². The molecular formula is C24H25NO9. The molecule has 1 aliphatic rings. The minimum absolute atomic E-state index is 0.0597. The normalized spacial score (nSPS) is 12.1. The van der Waals surface area contributed by atoms with Crippen molar-refractivity contribution in [1.29, 1.82) is 0 Å². The van der Waals surface area contributed by atoms with Crippen LogP contribution >= 0.6 is 0 Å². The van der Waals surface area contributed by atoms with Gasteiger partial charge in [0.05, 0.1) is 44.8 Å². The molecule has 1 N–H and O–H groups in total. The summed E-state index contributed by atoms with van der Waals surface area (Å²) in [4.78, 5) is 59.8. The summed E-state index contributed by atoms with van der Waals surface area (Å²) in [6.07, 6.45) is 0. The minimum atomic E-state index is -1.61. The number of aliphatic hydroxyl groups is 1. The molecule has 180 valence electrons. The highest BCUT2D eigenvalue weighted by atomic mass is 16.5. The summed E-state index contributed by atoms with van der Waals surface area (Å²) in [6.45, 7) is 3.31. The maximum atomic E-state index is 13.0. The van der Waals surface area contributed by atoms with Crippen LogP contribution in [-0.4, -0.2) is 73.4 Å². The molecule has 0 aliphatic heterocycles. The van der Waals surface area contributed by atoms with Crippen LogP contribution in [0.5, 0.6) is 11.5 Å². The van der Waals surface area contributed by atoms with E-state index in [1.807, 2.05) is 0 Å². The summed E-state index contributed by atoms with van der Waals surface area (Å²) in [5.41, 5.74) is -1.18. The van der Waals surface area contributed by atoms with Gasteiger partial charge < -0.3 is 29.0 Å². The Morgan fingerprint density at radius 2 is 1.44 bits per heavy atom. The first-order valence-electron chi connectivity index (χ1n) is 10.2. The molecule has 34 heavy (non-hydrogen) atoms. The van der Waals surface area contributed by atoms with E-state index in [1.54, 1.807) is 0 Å². The number of carboxylic acid groups (broad SMARTS) is 1. The van der Waals surface area contributed by atoms with Gasteiger partial charge in [0.1, 0.15) is 18.0 Å². The van der Waals surface area contributed by atoms with Crippen LogP contribution < -0.4 is 14.6 Å². The van der Waals surface area contributed by atoms with Crippen LogP contribution in [0.1, 0.15) is 56.0 Å². The molecule has 3 rings (SSSR count). The number of benzene rings is 2. The van der Waals surface area contributed by atoms with Crippen LogP contribution in [0, 0.1) is 0 Å². The van der Waals surface area contributed by atoms with Crippen molar-refractivity contribution in [2.75, 3.05) is 34.3 Å². The molecule has 0 saturated heterocycles. The maximum Gasteiger partial charge on any atom is 0.308 e. The molecule has 0 unspecified atom stereocenters. The van der Waals surface area contributed by atoms with Crippen LogP contribution in [0.2, 0.25) is 0 Å². The van der Waals surface area contributed by atoms with Crippen molar-refractivity contribution in [2.45, 2.75) is 13.8 Å². The van der Waals surface area contributed by atoms with Crippen LogP contribution in [0.3, 0.4) is 0 Å². The topological polar surface area (TPSA) is 147 Å². The summed E-state index contributed by atoms with van der Waals surface area (Å²) in [7, 11) is 6.16. The van der Waals surface area contributed by atoms with Crippen LogP contribution in [-0.2, 0) is 9.59 Å². The number of aliphatic hydroxyl groups excluding tert-OH is 1. The molecule has 2 aromatic rings. The number of carboxylic acids is 1. The van der Waals surface area contributed by atoms with Crippen molar-refractivity contribution >= 4 is 29.5 Å². The second-order valence-corrected chi connectivity index (χ2v) is 8.45. The Balaban J connectivity index is 0.000000509. The number of fused-ring (bicyclic) bond motifs is 2. The number of likely N-dealkylation sites (N-methyl/N-ethyl adjacent to an activating group) is 1. The number of ketones is 2. The molecule has 2 aromatic carbocycles. The van der Waals surface area contributed by atoms with Gasteiger partial charge in [0.25, 0.3) is 0 Å². The van der Waals surface area contributed by atoms with E-state index in [-0.39, 0.29) is 40.4 Å². The van der Waals surface area contributed by atoms with Crippen LogP contribution in [0.15, 0.2) is 30.3 Å². The highest BCUT2D eigenvalue weighted by Crippen LogP contribution is 2.38. The minimum Gasteiger partial charge on any atom is -0.545 e. The van der Waals surface area contributed by atoms with Gasteiger partial charge in [-0.2, -0.15) is 0 Å². The highest BCUT2D eigenvalue weighted by Gasteiger charge is 2.36. The number of hydrogen-bond acceptors (Lipinski definition) is 9. The summed E-state index contributed by atoms with van der Waals surface area (Å²) < 4.78 is 10.8. The lowest BCUT2D eigenvalue weighted by Gasteiger charge is -2.22. The molecule has 0 fully saturated rings. The number of esters is 2. The van der Waals surface area contributed by atoms with Crippen LogP contribution in [0.25, 0.3) is 0 Å². The first-order valence-corrected chi connectivity index (χ1v) is 10.2. The van der Waals surface area contributed by atoms with Gasteiger partial charge >= 0.3 is 11.9 Å². The summed E-state index contributed by atoms with van der Waals surface area (Å²) in [5, 5.41) is 19.6. The highest BCUT2D eigenvalue weighted by molar-refractivity contribution is 6.30. The van der Waals surface area contributed by atoms with Gasteiger partial charge in [-0.15, -0.1) is 0 Å². The van der Waals surface area contributed by atoms with Crippen molar-refractivity contribution < 1.29 is 48.1 Å². The largest absolute Gasteiger partial charge is 0.545 e. The predicted octanol–water partition coefficient (Wildman–Crippen LogP) is 0.361. The first-order chi connectivity index (χ1) is 15.8. The molecule has 1 aliphatic carbocycles.